The molecule has 1 aromatic rings. The van der Waals surface area contributed by atoms with E-state index in [-0.39, 0.29) is 22.7 Å². The van der Waals surface area contributed by atoms with Gasteiger partial charge in [0.15, 0.2) is 5.43 Å². The minimum Gasteiger partial charge on any atom is -0.364 e. The van der Waals surface area contributed by atoms with Crippen LogP contribution in [0.2, 0.25) is 0 Å². The second-order valence-corrected chi connectivity index (χ2v) is 4.22. The lowest BCUT2D eigenvalue weighted by atomic mass is 10.1. The summed E-state index contributed by atoms with van der Waals surface area (Å²) < 4.78 is 0. The number of amides is 1. The Morgan fingerprint density at radius 1 is 1.29 bits per heavy atom. The molecule has 0 bridgehead atoms. The lowest BCUT2D eigenvalue weighted by molar-refractivity contribution is -0.120. The molecule has 0 spiro atoms. The molecule has 1 amide bonds. The number of Topliss-reactive ketones (excluding diaryl/α,β-unsaturated/α-hetero) is 1. The van der Waals surface area contributed by atoms with Gasteiger partial charge in [-0.1, -0.05) is 0 Å². The molecule has 1 aromatic heterocycles. The van der Waals surface area contributed by atoms with E-state index >= 15 is 0 Å². The SMILES string of the molecule is Cc1cc(=O)c(C(=O)N2CCC(=O)CC2)c[nH]1. The maximum Gasteiger partial charge on any atom is 0.259 e. The molecular formula is C12H14N2O3. The Bertz CT molecular complexity index is 509. The molecule has 1 aliphatic heterocycles. The molecule has 17 heavy (non-hydrogen) atoms. The van der Waals surface area contributed by atoms with E-state index in [9.17, 15) is 14.4 Å². The molecule has 1 fully saturated rings. The summed E-state index contributed by atoms with van der Waals surface area (Å²) in [6.45, 7) is 2.57. The summed E-state index contributed by atoms with van der Waals surface area (Å²) in [6.07, 6.45) is 2.21. The number of H-pyrrole nitrogens is 1. The zero-order valence-electron chi connectivity index (χ0n) is 9.66. The van der Waals surface area contributed by atoms with E-state index in [0.717, 1.165) is 5.69 Å². The van der Waals surface area contributed by atoms with Gasteiger partial charge in [-0.3, -0.25) is 14.4 Å². The van der Waals surface area contributed by atoms with E-state index in [0.29, 0.717) is 25.9 Å². The fourth-order valence-corrected chi connectivity index (χ4v) is 1.87. The molecular weight excluding hydrogens is 220 g/mol. The molecule has 90 valence electrons. The number of nitrogens with zero attached hydrogens (tertiary/aromatic N) is 1. The van der Waals surface area contributed by atoms with Crippen LogP contribution < -0.4 is 5.43 Å². The largest absolute Gasteiger partial charge is 0.364 e. The lowest BCUT2D eigenvalue weighted by Gasteiger charge is -2.25. The number of piperidine rings is 1. The molecule has 0 atom stereocenters. The number of nitrogens with one attached hydrogen (secondary N) is 1. The van der Waals surface area contributed by atoms with E-state index in [1.807, 2.05) is 0 Å². The fraction of sp³-hybridized carbons (Fsp3) is 0.417. The van der Waals surface area contributed by atoms with Crippen molar-refractivity contribution < 1.29 is 9.59 Å². The fourth-order valence-electron chi connectivity index (χ4n) is 1.87. The predicted octanol–water partition coefficient (Wildman–Crippen LogP) is 0.488. The smallest absolute Gasteiger partial charge is 0.259 e. The van der Waals surface area contributed by atoms with Crippen LogP contribution in [-0.4, -0.2) is 34.7 Å². The molecule has 2 heterocycles. The van der Waals surface area contributed by atoms with Crippen molar-refractivity contribution in [1.82, 2.24) is 9.88 Å². The van der Waals surface area contributed by atoms with Gasteiger partial charge in [0, 0.05) is 43.9 Å². The van der Waals surface area contributed by atoms with Gasteiger partial charge in [-0.05, 0) is 6.92 Å². The van der Waals surface area contributed by atoms with Crippen molar-refractivity contribution in [1.29, 1.82) is 0 Å². The summed E-state index contributed by atoms with van der Waals surface area (Å²) in [6, 6.07) is 1.41. The monoisotopic (exact) mass is 234 g/mol. The van der Waals surface area contributed by atoms with Crippen LogP contribution in [0.3, 0.4) is 0 Å². The summed E-state index contributed by atoms with van der Waals surface area (Å²) >= 11 is 0. The number of aryl methyl sites for hydroxylation is 1. The molecule has 0 radical (unpaired) electrons. The van der Waals surface area contributed by atoms with Crippen molar-refractivity contribution in [2.24, 2.45) is 0 Å². The number of likely N-dealkylation sites (tertiary alicyclic amines) is 1. The lowest BCUT2D eigenvalue weighted by Crippen LogP contribution is -2.40. The van der Waals surface area contributed by atoms with E-state index in [1.165, 1.54) is 12.3 Å². The Morgan fingerprint density at radius 3 is 2.53 bits per heavy atom. The van der Waals surface area contributed by atoms with Crippen LogP contribution in [0.5, 0.6) is 0 Å². The van der Waals surface area contributed by atoms with Crippen molar-refractivity contribution in [3.05, 3.63) is 33.7 Å². The molecule has 5 heteroatoms. The normalized spacial score (nSPS) is 16.1. The van der Waals surface area contributed by atoms with Crippen LogP contribution in [0, 0.1) is 6.92 Å². The first-order valence-electron chi connectivity index (χ1n) is 5.58. The van der Waals surface area contributed by atoms with Crippen LogP contribution in [0.4, 0.5) is 0 Å². The first-order chi connectivity index (χ1) is 8.08. The Balaban J connectivity index is 2.20. The average Bonchev–Trinajstić information content (AvgIpc) is 2.29. The number of hydrogen-bond acceptors (Lipinski definition) is 3. The maximum atomic E-state index is 12.0. The highest BCUT2D eigenvalue weighted by Gasteiger charge is 2.23. The summed E-state index contributed by atoms with van der Waals surface area (Å²) in [5, 5.41) is 0. The minimum absolute atomic E-state index is 0.143. The minimum atomic E-state index is -0.293. The van der Waals surface area contributed by atoms with E-state index in [1.54, 1.807) is 11.8 Å². The Labute approximate surface area is 98.4 Å². The van der Waals surface area contributed by atoms with Crippen molar-refractivity contribution >= 4 is 11.7 Å². The summed E-state index contributed by atoms with van der Waals surface area (Å²) in [4.78, 5) is 39.2. The molecule has 5 nitrogen and oxygen atoms in total. The molecule has 2 rings (SSSR count). The first-order valence-corrected chi connectivity index (χ1v) is 5.58. The number of pyridine rings is 1. The second-order valence-electron chi connectivity index (χ2n) is 4.22. The van der Waals surface area contributed by atoms with Crippen LogP contribution in [0.1, 0.15) is 28.9 Å². The van der Waals surface area contributed by atoms with Crippen LogP contribution in [0.25, 0.3) is 0 Å². The van der Waals surface area contributed by atoms with Crippen LogP contribution in [-0.2, 0) is 4.79 Å². The Hall–Kier alpha value is -1.91. The number of aromatic amines is 1. The zero-order valence-corrected chi connectivity index (χ0v) is 9.66. The van der Waals surface area contributed by atoms with Gasteiger partial charge in [-0.15, -0.1) is 0 Å². The van der Waals surface area contributed by atoms with E-state index < -0.39 is 0 Å². The number of carbonyl (C=O) groups is 2. The highest BCUT2D eigenvalue weighted by molar-refractivity contribution is 5.95. The van der Waals surface area contributed by atoms with E-state index in [4.69, 9.17) is 0 Å². The molecule has 0 aromatic carbocycles. The molecule has 0 unspecified atom stereocenters. The van der Waals surface area contributed by atoms with Crippen molar-refractivity contribution in [2.45, 2.75) is 19.8 Å². The third kappa shape index (κ3) is 2.43. The van der Waals surface area contributed by atoms with Crippen LogP contribution >= 0.6 is 0 Å². The van der Waals surface area contributed by atoms with Gasteiger partial charge in [0.2, 0.25) is 0 Å². The summed E-state index contributed by atoms with van der Waals surface area (Å²) in [7, 11) is 0. The Kier molecular flexibility index (Phi) is 3.08. The van der Waals surface area contributed by atoms with Gasteiger partial charge >= 0.3 is 0 Å². The van der Waals surface area contributed by atoms with Gasteiger partial charge in [0.1, 0.15) is 11.3 Å². The second kappa shape index (κ2) is 4.53. The quantitative estimate of drug-likeness (QED) is 0.768. The first kappa shape index (κ1) is 11.6. The van der Waals surface area contributed by atoms with Gasteiger partial charge in [-0.2, -0.15) is 0 Å². The highest BCUT2D eigenvalue weighted by atomic mass is 16.2. The number of aromatic nitrogens is 1. The van der Waals surface area contributed by atoms with Crippen LogP contribution in [0.15, 0.2) is 17.1 Å². The van der Waals surface area contributed by atoms with Crippen molar-refractivity contribution in [2.75, 3.05) is 13.1 Å². The molecule has 0 aliphatic carbocycles. The summed E-state index contributed by atoms with van der Waals surface area (Å²) in [5.74, 6) is -0.120. The highest BCUT2D eigenvalue weighted by Crippen LogP contribution is 2.08. The number of carbonyl (C=O) groups excluding carboxylic acids is 2. The van der Waals surface area contributed by atoms with Gasteiger partial charge < -0.3 is 9.88 Å². The van der Waals surface area contributed by atoms with Gasteiger partial charge in [0.25, 0.3) is 5.91 Å². The van der Waals surface area contributed by atoms with Gasteiger partial charge in [-0.25, -0.2) is 0 Å². The molecule has 0 saturated carbocycles. The topological polar surface area (TPSA) is 70.2 Å². The molecule has 1 N–H and O–H groups in total. The standard InChI is InChI=1S/C12H14N2O3/c1-8-6-11(16)10(7-13-8)12(17)14-4-2-9(15)3-5-14/h6-7H,2-5H2,1H3,(H,13,16). The predicted molar refractivity (Wildman–Crippen MR) is 61.9 cm³/mol. The average molecular weight is 234 g/mol. The number of rotatable bonds is 1. The molecule has 1 saturated heterocycles. The maximum absolute atomic E-state index is 12.0. The van der Waals surface area contributed by atoms with Crippen molar-refractivity contribution in [3.63, 3.8) is 0 Å². The number of hydrogen-bond donors (Lipinski definition) is 1. The third-order valence-electron chi connectivity index (χ3n) is 2.90. The number of ketones is 1. The Morgan fingerprint density at radius 2 is 1.94 bits per heavy atom. The third-order valence-corrected chi connectivity index (χ3v) is 2.90. The van der Waals surface area contributed by atoms with E-state index in [2.05, 4.69) is 4.98 Å². The van der Waals surface area contributed by atoms with Crippen molar-refractivity contribution in [3.8, 4) is 0 Å². The zero-order chi connectivity index (χ0) is 12.4. The van der Waals surface area contributed by atoms with Gasteiger partial charge in [0.05, 0.1) is 0 Å². The molecule has 1 aliphatic rings. The summed E-state index contributed by atoms with van der Waals surface area (Å²) in [5.41, 5.74) is 0.591.